The molecule has 0 heterocycles. The molecule has 2 aromatic rings. The van der Waals surface area contributed by atoms with Gasteiger partial charge in [-0.05, 0) is 23.8 Å². The van der Waals surface area contributed by atoms with Gasteiger partial charge in [-0.3, -0.25) is 9.59 Å². The third-order valence-electron chi connectivity index (χ3n) is 4.02. The molecule has 2 N–H and O–H groups in total. The number of benzene rings is 2. The quantitative estimate of drug-likeness (QED) is 0.719. The van der Waals surface area contributed by atoms with Crippen molar-refractivity contribution < 1.29 is 32.3 Å². The SMILES string of the molecule is COC(=O)[C@H](Cc1ccccc1C(F)(F)F)NC(=O)c1ccccc1NC(C)=O. The molecule has 1 atom stereocenters. The summed E-state index contributed by atoms with van der Waals surface area (Å²) in [5, 5.41) is 4.88. The van der Waals surface area contributed by atoms with E-state index >= 15 is 0 Å². The van der Waals surface area contributed by atoms with E-state index in [0.29, 0.717) is 0 Å². The van der Waals surface area contributed by atoms with Crippen molar-refractivity contribution in [1.82, 2.24) is 5.32 Å². The molecule has 0 saturated carbocycles. The van der Waals surface area contributed by atoms with Gasteiger partial charge in [0.2, 0.25) is 5.91 Å². The number of carbonyl (C=O) groups excluding carboxylic acids is 3. The Morgan fingerprint density at radius 2 is 1.66 bits per heavy atom. The topological polar surface area (TPSA) is 84.5 Å². The fourth-order valence-electron chi connectivity index (χ4n) is 2.75. The Morgan fingerprint density at radius 3 is 2.28 bits per heavy atom. The number of esters is 1. The van der Waals surface area contributed by atoms with Crippen molar-refractivity contribution in [1.29, 1.82) is 0 Å². The van der Waals surface area contributed by atoms with Gasteiger partial charge in [0.05, 0.1) is 23.9 Å². The smallest absolute Gasteiger partial charge is 0.416 e. The Kier molecular flexibility index (Phi) is 6.98. The lowest BCUT2D eigenvalue weighted by molar-refractivity contribution is -0.144. The van der Waals surface area contributed by atoms with Crippen LogP contribution in [0.25, 0.3) is 0 Å². The van der Waals surface area contributed by atoms with E-state index in [0.717, 1.165) is 13.2 Å². The molecule has 0 aromatic heterocycles. The number of methoxy groups -OCH3 is 1. The zero-order valence-electron chi connectivity index (χ0n) is 15.7. The number of hydrogen-bond acceptors (Lipinski definition) is 4. The number of rotatable bonds is 6. The molecule has 0 aliphatic rings. The summed E-state index contributed by atoms with van der Waals surface area (Å²) in [6.07, 6.45) is -5.03. The van der Waals surface area contributed by atoms with Crippen LogP contribution in [0.2, 0.25) is 0 Å². The number of amides is 2. The largest absolute Gasteiger partial charge is 0.467 e. The summed E-state index contributed by atoms with van der Waals surface area (Å²) in [6, 6.07) is 9.47. The van der Waals surface area contributed by atoms with E-state index in [4.69, 9.17) is 0 Å². The number of halogens is 3. The summed E-state index contributed by atoms with van der Waals surface area (Å²) in [6.45, 7) is 1.26. The molecular formula is C20H19F3N2O4. The summed E-state index contributed by atoms with van der Waals surface area (Å²) in [5.74, 6) is -2.05. The molecule has 0 unspecified atom stereocenters. The Morgan fingerprint density at radius 1 is 1.03 bits per heavy atom. The summed E-state index contributed by atoms with van der Waals surface area (Å²) in [7, 11) is 1.07. The number of hydrogen-bond donors (Lipinski definition) is 2. The van der Waals surface area contributed by atoms with Crippen molar-refractivity contribution in [2.45, 2.75) is 25.6 Å². The highest BCUT2D eigenvalue weighted by atomic mass is 19.4. The highest BCUT2D eigenvalue weighted by Crippen LogP contribution is 2.32. The van der Waals surface area contributed by atoms with E-state index < -0.39 is 42.0 Å². The molecule has 0 spiro atoms. The molecule has 6 nitrogen and oxygen atoms in total. The Labute approximate surface area is 165 Å². The zero-order chi connectivity index (χ0) is 21.6. The van der Waals surface area contributed by atoms with Crippen molar-refractivity contribution >= 4 is 23.5 Å². The van der Waals surface area contributed by atoms with Crippen LogP contribution in [0.1, 0.15) is 28.4 Å². The van der Waals surface area contributed by atoms with Gasteiger partial charge in [-0.25, -0.2) is 4.79 Å². The molecule has 2 aromatic carbocycles. The van der Waals surface area contributed by atoms with Crippen LogP contribution in [-0.4, -0.2) is 30.9 Å². The van der Waals surface area contributed by atoms with Gasteiger partial charge in [0.1, 0.15) is 6.04 Å². The van der Waals surface area contributed by atoms with Gasteiger partial charge in [0.25, 0.3) is 5.91 Å². The molecule has 0 fully saturated rings. The van der Waals surface area contributed by atoms with Crippen LogP contribution in [0.3, 0.4) is 0 Å². The highest BCUT2D eigenvalue weighted by Gasteiger charge is 2.34. The van der Waals surface area contributed by atoms with Crippen molar-refractivity contribution in [3.05, 3.63) is 65.2 Å². The number of nitrogens with one attached hydrogen (secondary N) is 2. The number of ether oxygens (including phenoxy) is 1. The van der Waals surface area contributed by atoms with Gasteiger partial charge >= 0.3 is 12.1 Å². The molecule has 9 heteroatoms. The second-order valence-corrected chi connectivity index (χ2v) is 6.14. The van der Waals surface area contributed by atoms with E-state index in [9.17, 15) is 27.6 Å². The molecular weight excluding hydrogens is 389 g/mol. The van der Waals surface area contributed by atoms with Crippen molar-refractivity contribution in [3.8, 4) is 0 Å². The Balaban J connectivity index is 2.31. The van der Waals surface area contributed by atoms with Crippen LogP contribution in [0.4, 0.5) is 18.9 Å². The number of carbonyl (C=O) groups is 3. The minimum atomic E-state index is -4.61. The van der Waals surface area contributed by atoms with Gasteiger partial charge < -0.3 is 15.4 Å². The molecule has 0 aliphatic carbocycles. The minimum absolute atomic E-state index is 0.0562. The van der Waals surface area contributed by atoms with Crippen LogP contribution in [-0.2, 0) is 26.9 Å². The molecule has 0 aliphatic heterocycles. The maximum Gasteiger partial charge on any atom is 0.416 e. The predicted octanol–water partition coefficient (Wildman–Crippen LogP) is 3.18. The average Bonchev–Trinajstić information content (AvgIpc) is 2.66. The van der Waals surface area contributed by atoms with Crippen LogP contribution in [0, 0.1) is 0 Å². The highest BCUT2D eigenvalue weighted by molar-refractivity contribution is 6.04. The third-order valence-corrected chi connectivity index (χ3v) is 4.02. The molecule has 2 rings (SSSR count). The normalized spacial score (nSPS) is 12.0. The van der Waals surface area contributed by atoms with Gasteiger partial charge in [-0.2, -0.15) is 13.2 Å². The lowest BCUT2D eigenvalue weighted by atomic mass is 9.99. The first-order valence-corrected chi connectivity index (χ1v) is 8.54. The second-order valence-electron chi connectivity index (χ2n) is 6.14. The maximum atomic E-state index is 13.2. The van der Waals surface area contributed by atoms with E-state index in [1.165, 1.54) is 37.3 Å². The average molecular weight is 408 g/mol. The molecule has 154 valence electrons. The first kappa shape index (κ1) is 21.9. The van der Waals surface area contributed by atoms with Gasteiger partial charge in [0, 0.05) is 13.3 Å². The maximum absolute atomic E-state index is 13.2. The van der Waals surface area contributed by atoms with Gasteiger partial charge in [-0.1, -0.05) is 30.3 Å². The molecule has 2 amide bonds. The van der Waals surface area contributed by atoms with E-state index in [2.05, 4.69) is 15.4 Å². The second kappa shape index (κ2) is 9.22. The fraction of sp³-hybridized carbons (Fsp3) is 0.250. The van der Waals surface area contributed by atoms with Crippen molar-refractivity contribution in [2.24, 2.45) is 0 Å². The lowest BCUT2D eigenvalue weighted by Gasteiger charge is -2.20. The van der Waals surface area contributed by atoms with Crippen LogP contribution >= 0.6 is 0 Å². The number of anilines is 1. The first-order chi connectivity index (χ1) is 13.6. The van der Waals surface area contributed by atoms with Gasteiger partial charge in [-0.15, -0.1) is 0 Å². The van der Waals surface area contributed by atoms with Crippen molar-refractivity contribution in [2.75, 3.05) is 12.4 Å². The lowest BCUT2D eigenvalue weighted by Crippen LogP contribution is -2.43. The Bertz CT molecular complexity index is 913. The zero-order valence-corrected chi connectivity index (χ0v) is 15.7. The summed E-state index contributed by atoms with van der Waals surface area (Å²) < 4.78 is 44.4. The predicted molar refractivity (Wildman–Crippen MR) is 99.2 cm³/mol. The molecule has 0 bridgehead atoms. The number of para-hydroxylation sites is 1. The molecule has 0 saturated heterocycles. The first-order valence-electron chi connectivity index (χ1n) is 8.54. The summed E-state index contributed by atoms with van der Waals surface area (Å²) in [4.78, 5) is 36.1. The monoisotopic (exact) mass is 408 g/mol. The van der Waals surface area contributed by atoms with Crippen molar-refractivity contribution in [3.63, 3.8) is 0 Å². The Hall–Kier alpha value is -3.36. The molecule has 29 heavy (non-hydrogen) atoms. The van der Waals surface area contributed by atoms with Crippen LogP contribution in [0.5, 0.6) is 0 Å². The van der Waals surface area contributed by atoms with E-state index in [1.54, 1.807) is 12.1 Å². The minimum Gasteiger partial charge on any atom is -0.467 e. The van der Waals surface area contributed by atoms with E-state index in [-0.39, 0.29) is 16.8 Å². The molecule has 0 radical (unpaired) electrons. The summed E-state index contributed by atoms with van der Waals surface area (Å²) in [5.41, 5.74) is -0.801. The number of alkyl halides is 3. The standard InChI is InChI=1S/C20H19F3N2O4/c1-12(26)24-16-10-6-4-8-14(16)18(27)25-17(19(28)29-2)11-13-7-3-5-9-15(13)20(21,22)23/h3-10,17H,11H2,1-2H3,(H,24,26)(H,25,27)/t17-/m0/s1. The van der Waals surface area contributed by atoms with Crippen LogP contribution < -0.4 is 10.6 Å². The van der Waals surface area contributed by atoms with Gasteiger partial charge in [0.15, 0.2) is 0 Å². The van der Waals surface area contributed by atoms with Crippen LogP contribution in [0.15, 0.2) is 48.5 Å². The third kappa shape index (κ3) is 5.81. The fourth-order valence-corrected chi connectivity index (χ4v) is 2.75. The summed E-state index contributed by atoms with van der Waals surface area (Å²) >= 11 is 0. The van der Waals surface area contributed by atoms with E-state index in [1.807, 2.05) is 0 Å².